The van der Waals surface area contributed by atoms with Gasteiger partial charge >= 0.3 is 5.63 Å². The number of rotatable bonds is 4. The fourth-order valence-electron chi connectivity index (χ4n) is 3.97. The molecule has 5 nitrogen and oxygen atoms in total. The standard InChI is InChI=1S/C23H24N2O3/c1-24-14-16-6-5-11-25(15-16)22(26)19-9-4-8-17(12-19)20-13-18-7-2-3-10-21(18)28-23(20)27/h2-4,7-10,12-13,16,24H,5-6,11,14-15H2,1H3. The number of hydrogen-bond donors (Lipinski definition) is 1. The van der Waals surface area contributed by atoms with Gasteiger partial charge in [-0.25, -0.2) is 4.79 Å². The zero-order valence-corrected chi connectivity index (χ0v) is 16.0. The number of nitrogens with one attached hydrogen (secondary N) is 1. The lowest BCUT2D eigenvalue weighted by molar-refractivity contribution is 0.0674. The number of fused-ring (bicyclic) bond motifs is 1. The molecule has 2 heterocycles. The molecule has 3 aromatic rings. The summed E-state index contributed by atoms with van der Waals surface area (Å²) < 4.78 is 5.45. The Bertz CT molecular complexity index is 1050. The van der Waals surface area contributed by atoms with Gasteiger partial charge in [0.25, 0.3) is 5.91 Å². The van der Waals surface area contributed by atoms with E-state index in [1.54, 1.807) is 12.1 Å². The van der Waals surface area contributed by atoms with E-state index in [-0.39, 0.29) is 5.91 Å². The highest BCUT2D eigenvalue weighted by Crippen LogP contribution is 2.24. The van der Waals surface area contributed by atoms with Crippen LogP contribution in [0.5, 0.6) is 0 Å². The van der Waals surface area contributed by atoms with Gasteiger partial charge in [0.15, 0.2) is 0 Å². The monoisotopic (exact) mass is 376 g/mol. The van der Waals surface area contributed by atoms with Crippen LogP contribution in [0.2, 0.25) is 0 Å². The maximum atomic E-state index is 13.0. The van der Waals surface area contributed by atoms with Crippen molar-refractivity contribution in [2.45, 2.75) is 12.8 Å². The first-order valence-corrected chi connectivity index (χ1v) is 9.73. The molecule has 0 aliphatic carbocycles. The minimum Gasteiger partial charge on any atom is -0.422 e. The van der Waals surface area contributed by atoms with E-state index in [0.717, 1.165) is 37.9 Å². The largest absolute Gasteiger partial charge is 0.422 e. The zero-order chi connectivity index (χ0) is 19.5. The third kappa shape index (κ3) is 3.71. The van der Waals surface area contributed by atoms with E-state index < -0.39 is 5.63 Å². The molecule has 5 heteroatoms. The highest BCUT2D eigenvalue weighted by Gasteiger charge is 2.24. The summed E-state index contributed by atoms with van der Waals surface area (Å²) in [5.74, 6) is 0.506. The minimum absolute atomic E-state index is 0.0211. The van der Waals surface area contributed by atoms with Gasteiger partial charge in [0, 0.05) is 24.0 Å². The second-order valence-electron chi connectivity index (χ2n) is 7.38. The second kappa shape index (κ2) is 7.98. The molecule has 1 aliphatic rings. The Hall–Kier alpha value is -2.92. The van der Waals surface area contributed by atoms with Crippen LogP contribution in [-0.4, -0.2) is 37.5 Å². The number of piperidine rings is 1. The fraction of sp³-hybridized carbons (Fsp3) is 0.304. The molecule has 4 rings (SSSR count). The van der Waals surface area contributed by atoms with Crippen LogP contribution in [0.3, 0.4) is 0 Å². The van der Waals surface area contributed by atoms with Gasteiger partial charge in [-0.3, -0.25) is 4.79 Å². The molecule has 1 unspecified atom stereocenters. The number of carbonyl (C=O) groups excluding carboxylic acids is 1. The van der Waals surface area contributed by atoms with Crippen molar-refractivity contribution in [2.75, 3.05) is 26.7 Å². The molecule has 144 valence electrons. The molecule has 1 N–H and O–H groups in total. The third-order valence-electron chi connectivity index (χ3n) is 5.36. The lowest BCUT2D eigenvalue weighted by Gasteiger charge is -2.32. The van der Waals surface area contributed by atoms with Gasteiger partial charge in [-0.05, 0) is 62.2 Å². The summed E-state index contributed by atoms with van der Waals surface area (Å²) in [4.78, 5) is 27.4. The van der Waals surface area contributed by atoms with Gasteiger partial charge in [0.1, 0.15) is 5.58 Å². The number of hydrogen-bond acceptors (Lipinski definition) is 4. The quantitative estimate of drug-likeness (QED) is 0.708. The maximum Gasteiger partial charge on any atom is 0.344 e. The van der Waals surface area contributed by atoms with E-state index in [4.69, 9.17) is 4.42 Å². The molecule has 28 heavy (non-hydrogen) atoms. The topological polar surface area (TPSA) is 62.6 Å². The third-order valence-corrected chi connectivity index (χ3v) is 5.36. The van der Waals surface area contributed by atoms with Crippen molar-refractivity contribution >= 4 is 16.9 Å². The molecule has 0 bridgehead atoms. The number of amides is 1. The minimum atomic E-state index is -0.393. The molecule has 2 aromatic carbocycles. The Labute approximate surface area is 164 Å². The van der Waals surface area contributed by atoms with Crippen molar-refractivity contribution in [1.29, 1.82) is 0 Å². The van der Waals surface area contributed by atoms with Crippen LogP contribution in [0.25, 0.3) is 22.1 Å². The molecule has 1 amide bonds. The number of benzene rings is 2. The van der Waals surface area contributed by atoms with Gasteiger partial charge in [-0.1, -0.05) is 30.3 Å². The van der Waals surface area contributed by atoms with Gasteiger partial charge in [0.05, 0.1) is 5.56 Å². The first kappa shape index (κ1) is 18.4. The van der Waals surface area contributed by atoms with Crippen LogP contribution in [0.15, 0.2) is 63.8 Å². The van der Waals surface area contributed by atoms with Gasteiger partial charge in [0.2, 0.25) is 0 Å². The molecule has 1 saturated heterocycles. The van der Waals surface area contributed by atoms with Gasteiger partial charge < -0.3 is 14.6 Å². The van der Waals surface area contributed by atoms with E-state index in [1.165, 1.54) is 0 Å². The molecular formula is C23H24N2O3. The highest BCUT2D eigenvalue weighted by atomic mass is 16.4. The summed E-state index contributed by atoms with van der Waals surface area (Å²) in [6.07, 6.45) is 2.16. The molecule has 1 aliphatic heterocycles. The van der Waals surface area contributed by atoms with E-state index in [2.05, 4.69) is 5.32 Å². The van der Waals surface area contributed by atoms with Crippen LogP contribution >= 0.6 is 0 Å². The normalized spacial score (nSPS) is 17.0. The van der Waals surface area contributed by atoms with Crippen LogP contribution < -0.4 is 10.9 Å². The van der Waals surface area contributed by atoms with Gasteiger partial charge in [-0.15, -0.1) is 0 Å². The molecular weight excluding hydrogens is 352 g/mol. The van der Waals surface area contributed by atoms with Crippen molar-refractivity contribution in [3.8, 4) is 11.1 Å². The Kier molecular flexibility index (Phi) is 5.26. The summed E-state index contributed by atoms with van der Waals surface area (Å²) in [7, 11) is 1.94. The average molecular weight is 376 g/mol. The SMILES string of the molecule is CNCC1CCCN(C(=O)c2cccc(-c3cc4ccccc4oc3=O)c2)C1. The molecule has 0 spiro atoms. The fourth-order valence-corrected chi connectivity index (χ4v) is 3.97. The number of likely N-dealkylation sites (tertiary alicyclic amines) is 1. The smallest absolute Gasteiger partial charge is 0.344 e. The summed E-state index contributed by atoms with van der Waals surface area (Å²) in [5.41, 5.74) is 1.95. The number of carbonyl (C=O) groups is 1. The van der Waals surface area contributed by atoms with Crippen molar-refractivity contribution in [3.05, 3.63) is 70.6 Å². The second-order valence-corrected chi connectivity index (χ2v) is 7.38. The van der Waals surface area contributed by atoms with Crippen molar-refractivity contribution in [1.82, 2.24) is 10.2 Å². The molecule has 0 radical (unpaired) electrons. The van der Waals surface area contributed by atoms with E-state index >= 15 is 0 Å². The van der Waals surface area contributed by atoms with Crippen molar-refractivity contribution in [3.63, 3.8) is 0 Å². The first-order valence-electron chi connectivity index (χ1n) is 9.73. The summed E-state index contributed by atoms with van der Waals surface area (Å²) in [6, 6.07) is 16.5. The average Bonchev–Trinajstić information content (AvgIpc) is 2.73. The summed E-state index contributed by atoms with van der Waals surface area (Å²) in [6.45, 7) is 2.46. The van der Waals surface area contributed by atoms with E-state index in [0.29, 0.717) is 28.2 Å². The lowest BCUT2D eigenvalue weighted by Crippen LogP contribution is -2.42. The highest BCUT2D eigenvalue weighted by molar-refractivity contribution is 5.95. The Morgan fingerprint density at radius 1 is 1.18 bits per heavy atom. The number of nitrogens with zero attached hydrogens (tertiary/aromatic N) is 1. The Morgan fingerprint density at radius 3 is 2.89 bits per heavy atom. The maximum absolute atomic E-state index is 13.0. The zero-order valence-electron chi connectivity index (χ0n) is 16.0. The van der Waals surface area contributed by atoms with Crippen LogP contribution in [0, 0.1) is 5.92 Å². The van der Waals surface area contributed by atoms with Crippen molar-refractivity contribution < 1.29 is 9.21 Å². The van der Waals surface area contributed by atoms with Crippen LogP contribution in [0.1, 0.15) is 23.2 Å². The van der Waals surface area contributed by atoms with Crippen LogP contribution in [0.4, 0.5) is 0 Å². The van der Waals surface area contributed by atoms with E-state index in [9.17, 15) is 9.59 Å². The summed E-state index contributed by atoms with van der Waals surface area (Å²) in [5, 5.41) is 4.07. The number of para-hydroxylation sites is 1. The van der Waals surface area contributed by atoms with Crippen LogP contribution in [-0.2, 0) is 0 Å². The molecule has 1 atom stereocenters. The van der Waals surface area contributed by atoms with Gasteiger partial charge in [-0.2, -0.15) is 0 Å². The predicted molar refractivity (Wildman–Crippen MR) is 110 cm³/mol. The van der Waals surface area contributed by atoms with E-state index in [1.807, 2.05) is 54.4 Å². The summed E-state index contributed by atoms with van der Waals surface area (Å²) >= 11 is 0. The molecule has 1 fully saturated rings. The lowest BCUT2D eigenvalue weighted by atomic mass is 9.97. The molecule has 1 aromatic heterocycles. The Morgan fingerprint density at radius 2 is 2.04 bits per heavy atom. The Balaban J connectivity index is 1.64. The first-order chi connectivity index (χ1) is 13.7. The predicted octanol–water partition coefficient (Wildman–Crippen LogP) is 3.53. The van der Waals surface area contributed by atoms with Crippen molar-refractivity contribution in [2.24, 2.45) is 5.92 Å². The molecule has 0 saturated carbocycles.